The Morgan fingerprint density at radius 3 is 2.90 bits per heavy atom. The molecule has 1 saturated heterocycles. The Bertz CT molecular complexity index is 574. The van der Waals surface area contributed by atoms with Crippen LogP contribution in [0.3, 0.4) is 0 Å². The van der Waals surface area contributed by atoms with Crippen molar-refractivity contribution in [3.8, 4) is 0 Å². The van der Waals surface area contributed by atoms with Gasteiger partial charge in [0.25, 0.3) is 0 Å². The second kappa shape index (κ2) is 7.00. The molecule has 2 heterocycles. The fourth-order valence-electron chi connectivity index (χ4n) is 2.41. The second-order valence-corrected chi connectivity index (χ2v) is 7.62. The van der Waals surface area contributed by atoms with Crippen molar-refractivity contribution in [3.63, 3.8) is 0 Å². The van der Waals surface area contributed by atoms with E-state index < -0.39 is 9.84 Å². The summed E-state index contributed by atoms with van der Waals surface area (Å²) in [6.45, 7) is 0.759. The van der Waals surface area contributed by atoms with Crippen LogP contribution in [0.15, 0.2) is 24.4 Å². The maximum Gasteiger partial charge on any atom is 0.234 e. The first-order valence-corrected chi connectivity index (χ1v) is 8.86. The normalized spacial score (nSPS) is 20.6. The van der Waals surface area contributed by atoms with Crippen LogP contribution in [0.1, 0.15) is 12.1 Å². The van der Waals surface area contributed by atoms with Crippen LogP contribution in [-0.2, 0) is 21.1 Å². The Morgan fingerprint density at radius 1 is 1.48 bits per heavy atom. The molecule has 0 saturated carbocycles. The molecular formula is C14H21N3O3S. The van der Waals surface area contributed by atoms with Crippen LogP contribution in [0.2, 0.25) is 0 Å². The number of pyridine rings is 1. The number of hydrogen-bond acceptors (Lipinski definition) is 5. The Kier molecular flexibility index (Phi) is 5.30. The molecular weight excluding hydrogens is 290 g/mol. The van der Waals surface area contributed by atoms with Crippen LogP contribution < -0.4 is 5.32 Å². The average molecular weight is 311 g/mol. The molecule has 1 N–H and O–H groups in total. The summed E-state index contributed by atoms with van der Waals surface area (Å²) >= 11 is 0. The second-order valence-electron chi connectivity index (χ2n) is 5.39. The van der Waals surface area contributed by atoms with Gasteiger partial charge < -0.3 is 5.32 Å². The van der Waals surface area contributed by atoms with Crippen LogP contribution in [0.25, 0.3) is 0 Å². The lowest BCUT2D eigenvalue weighted by Gasteiger charge is -2.22. The van der Waals surface area contributed by atoms with Crippen LogP contribution in [-0.4, -0.2) is 61.9 Å². The summed E-state index contributed by atoms with van der Waals surface area (Å²) in [6.07, 6.45) is 3.03. The molecule has 116 valence electrons. The van der Waals surface area contributed by atoms with Gasteiger partial charge in [0.1, 0.15) is 0 Å². The summed E-state index contributed by atoms with van der Waals surface area (Å²) in [7, 11) is -1.12. The number of nitrogens with one attached hydrogen (secondary N) is 1. The smallest absolute Gasteiger partial charge is 0.234 e. The molecule has 1 aromatic rings. The van der Waals surface area contributed by atoms with Gasteiger partial charge in [-0.25, -0.2) is 8.42 Å². The van der Waals surface area contributed by atoms with Gasteiger partial charge in [0.15, 0.2) is 9.84 Å². The first kappa shape index (κ1) is 15.9. The van der Waals surface area contributed by atoms with Crippen molar-refractivity contribution in [3.05, 3.63) is 30.1 Å². The third kappa shape index (κ3) is 5.09. The Labute approximate surface area is 125 Å². The molecule has 1 aromatic heterocycles. The van der Waals surface area contributed by atoms with E-state index in [1.807, 2.05) is 23.1 Å². The molecule has 0 bridgehead atoms. The van der Waals surface area contributed by atoms with Crippen LogP contribution in [0.5, 0.6) is 0 Å². The zero-order valence-corrected chi connectivity index (χ0v) is 13.0. The van der Waals surface area contributed by atoms with Gasteiger partial charge in [-0.05, 0) is 25.6 Å². The molecule has 1 amide bonds. The third-order valence-electron chi connectivity index (χ3n) is 3.65. The number of likely N-dealkylation sites (N-methyl/N-ethyl adjacent to an activating group) is 1. The highest BCUT2D eigenvalue weighted by atomic mass is 32.2. The van der Waals surface area contributed by atoms with Crippen molar-refractivity contribution in [2.75, 3.05) is 31.6 Å². The molecule has 1 aliphatic heterocycles. The van der Waals surface area contributed by atoms with Gasteiger partial charge in [-0.3, -0.25) is 14.7 Å². The van der Waals surface area contributed by atoms with Crippen molar-refractivity contribution in [2.24, 2.45) is 0 Å². The monoisotopic (exact) mass is 311 g/mol. The molecule has 0 radical (unpaired) electrons. The molecule has 0 aliphatic carbocycles. The predicted octanol–water partition coefficient (Wildman–Crippen LogP) is -0.141. The van der Waals surface area contributed by atoms with Gasteiger partial charge in [0, 0.05) is 30.9 Å². The van der Waals surface area contributed by atoms with E-state index in [0.29, 0.717) is 19.4 Å². The number of carbonyl (C=O) groups is 1. The van der Waals surface area contributed by atoms with E-state index in [1.54, 1.807) is 13.2 Å². The molecule has 7 heteroatoms. The molecule has 6 nitrogen and oxygen atoms in total. The fourth-order valence-corrected chi connectivity index (χ4v) is 4.22. The Morgan fingerprint density at radius 2 is 2.29 bits per heavy atom. The fraction of sp³-hybridized carbons (Fsp3) is 0.571. The van der Waals surface area contributed by atoms with E-state index in [4.69, 9.17) is 0 Å². The van der Waals surface area contributed by atoms with Crippen molar-refractivity contribution >= 4 is 15.7 Å². The summed E-state index contributed by atoms with van der Waals surface area (Å²) in [5, 5.41) is 2.84. The number of carbonyl (C=O) groups excluding carboxylic acids is 1. The van der Waals surface area contributed by atoms with E-state index in [0.717, 1.165) is 5.69 Å². The first-order valence-electron chi connectivity index (χ1n) is 7.03. The van der Waals surface area contributed by atoms with Crippen molar-refractivity contribution in [1.82, 2.24) is 15.2 Å². The van der Waals surface area contributed by atoms with Crippen molar-refractivity contribution < 1.29 is 13.2 Å². The highest BCUT2D eigenvalue weighted by Crippen LogP contribution is 2.15. The highest BCUT2D eigenvalue weighted by molar-refractivity contribution is 7.91. The third-order valence-corrected chi connectivity index (χ3v) is 5.40. The van der Waals surface area contributed by atoms with E-state index in [2.05, 4.69) is 10.3 Å². The van der Waals surface area contributed by atoms with E-state index in [-0.39, 0.29) is 30.0 Å². The van der Waals surface area contributed by atoms with Gasteiger partial charge in [0.2, 0.25) is 5.91 Å². The van der Waals surface area contributed by atoms with Crippen molar-refractivity contribution in [1.29, 1.82) is 0 Å². The molecule has 0 spiro atoms. The molecule has 1 aliphatic rings. The molecule has 1 atom stereocenters. The quantitative estimate of drug-likeness (QED) is 0.791. The topological polar surface area (TPSA) is 79.4 Å². The SMILES string of the molecule is CN(CC(=O)NCCc1ccccn1)[C@@H]1CCS(=O)(=O)C1. The highest BCUT2D eigenvalue weighted by Gasteiger charge is 2.31. The van der Waals surface area contributed by atoms with Crippen LogP contribution in [0.4, 0.5) is 0 Å². The number of nitrogens with zero attached hydrogens (tertiary/aromatic N) is 2. The molecule has 1 fully saturated rings. The van der Waals surface area contributed by atoms with E-state index in [1.165, 1.54) is 0 Å². The summed E-state index contributed by atoms with van der Waals surface area (Å²) < 4.78 is 22.9. The standard InChI is InChI=1S/C14H21N3O3S/c1-17(13-6-9-21(19,20)11-13)10-14(18)16-8-5-12-4-2-3-7-15-12/h2-4,7,13H,5-6,8-11H2,1H3,(H,16,18)/t13-/m1/s1. The lowest BCUT2D eigenvalue weighted by Crippen LogP contribution is -2.41. The van der Waals surface area contributed by atoms with Crippen molar-refractivity contribution in [2.45, 2.75) is 18.9 Å². The minimum Gasteiger partial charge on any atom is -0.355 e. The zero-order valence-electron chi connectivity index (χ0n) is 12.2. The lowest BCUT2D eigenvalue weighted by molar-refractivity contribution is -0.122. The van der Waals surface area contributed by atoms with Gasteiger partial charge in [-0.2, -0.15) is 0 Å². The van der Waals surface area contributed by atoms with Crippen LogP contribution >= 0.6 is 0 Å². The van der Waals surface area contributed by atoms with E-state index >= 15 is 0 Å². The van der Waals surface area contributed by atoms with Crippen LogP contribution in [0, 0.1) is 0 Å². The largest absolute Gasteiger partial charge is 0.355 e. The first-order chi connectivity index (χ1) is 9.96. The maximum absolute atomic E-state index is 11.8. The number of sulfone groups is 1. The number of hydrogen-bond donors (Lipinski definition) is 1. The molecule has 0 aromatic carbocycles. The summed E-state index contributed by atoms with van der Waals surface area (Å²) in [6, 6.07) is 5.64. The van der Waals surface area contributed by atoms with Gasteiger partial charge in [-0.15, -0.1) is 0 Å². The molecule has 2 rings (SSSR count). The number of aromatic nitrogens is 1. The maximum atomic E-state index is 11.8. The van der Waals surface area contributed by atoms with E-state index in [9.17, 15) is 13.2 Å². The molecule has 0 unspecified atom stereocenters. The van der Waals surface area contributed by atoms with Gasteiger partial charge in [-0.1, -0.05) is 6.07 Å². The summed E-state index contributed by atoms with van der Waals surface area (Å²) in [5.41, 5.74) is 0.938. The molecule has 21 heavy (non-hydrogen) atoms. The van der Waals surface area contributed by atoms with Gasteiger partial charge >= 0.3 is 0 Å². The average Bonchev–Trinajstić information content (AvgIpc) is 2.80. The predicted molar refractivity (Wildman–Crippen MR) is 80.6 cm³/mol. The Balaban J connectivity index is 1.70. The van der Waals surface area contributed by atoms with Gasteiger partial charge in [0.05, 0.1) is 18.1 Å². The lowest BCUT2D eigenvalue weighted by atomic mass is 10.2. The Hall–Kier alpha value is -1.47. The summed E-state index contributed by atoms with van der Waals surface area (Å²) in [5.74, 6) is 0.298. The zero-order chi connectivity index (χ0) is 15.3. The minimum atomic E-state index is -2.91. The minimum absolute atomic E-state index is 0.0449. The number of rotatable bonds is 6. The summed E-state index contributed by atoms with van der Waals surface area (Å²) in [4.78, 5) is 17.8. The number of amides is 1.